The maximum Gasteiger partial charge on any atom is 0.321 e. The van der Waals surface area contributed by atoms with Gasteiger partial charge in [0.05, 0.1) is 17.6 Å². The molecule has 0 radical (unpaired) electrons. The fraction of sp³-hybridized carbons (Fsp3) is 0.227. The van der Waals surface area contributed by atoms with Crippen LogP contribution in [-0.2, 0) is 4.79 Å². The highest BCUT2D eigenvalue weighted by Gasteiger charge is 2.24. The highest BCUT2D eigenvalue weighted by atomic mass is 32.2. The quantitative estimate of drug-likeness (QED) is 0.608. The molecule has 0 saturated heterocycles. The molecule has 1 aliphatic rings. The van der Waals surface area contributed by atoms with Gasteiger partial charge in [0.2, 0.25) is 5.91 Å². The maximum absolute atomic E-state index is 12.2. The lowest BCUT2D eigenvalue weighted by Crippen LogP contribution is -2.41. The average Bonchev–Trinajstić information content (AvgIpc) is 3.43. The molecule has 0 spiro atoms. The zero-order valence-corrected chi connectivity index (χ0v) is 16.9. The van der Waals surface area contributed by atoms with E-state index in [0.717, 1.165) is 29.8 Å². The van der Waals surface area contributed by atoms with Crippen LogP contribution in [-0.4, -0.2) is 33.3 Å². The van der Waals surface area contributed by atoms with Crippen LogP contribution in [0.2, 0.25) is 0 Å². The van der Waals surface area contributed by atoms with E-state index in [1.807, 2.05) is 41.1 Å². The van der Waals surface area contributed by atoms with Crippen LogP contribution in [0.3, 0.4) is 0 Å². The van der Waals surface area contributed by atoms with E-state index in [1.165, 1.54) is 17.3 Å². The van der Waals surface area contributed by atoms with E-state index in [9.17, 15) is 9.59 Å². The van der Waals surface area contributed by atoms with Gasteiger partial charge in [-0.25, -0.2) is 9.78 Å². The zero-order chi connectivity index (χ0) is 20.2. The molecule has 0 atom stereocenters. The number of thioether (sulfide) groups is 1. The second-order valence-corrected chi connectivity index (χ2v) is 7.99. The Bertz CT molecular complexity index is 1010. The van der Waals surface area contributed by atoms with Gasteiger partial charge in [-0.2, -0.15) is 0 Å². The van der Waals surface area contributed by atoms with Crippen LogP contribution in [0.15, 0.2) is 66.0 Å². The molecule has 1 aromatic heterocycles. The van der Waals surface area contributed by atoms with Crippen molar-refractivity contribution in [2.75, 3.05) is 5.75 Å². The van der Waals surface area contributed by atoms with E-state index in [1.54, 1.807) is 0 Å². The minimum absolute atomic E-state index is 0.106. The van der Waals surface area contributed by atoms with E-state index in [2.05, 4.69) is 46.8 Å². The van der Waals surface area contributed by atoms with Crippen molar-refractivity contribution in [3.8, 4) is 16.9 Å². The van der Waals surface area contributed by atoms with Crippen LogP contribution in [0.25, 0.3) is 16.9 Å². The molecule has 4 rings (SSSR count). The molecule has 1 fully saturated rings. The lowest BCUT2D eigenvalue weighted by atomic mass is 10.1. The lowest BCUT2D eigenvalue weighted by molar-refractivity contribution is -0.117. The Morgan fingerprint density at radius 2 is 1.83 bits per heavy atom. The standard InChI is InChI=1S/C22H22N4O2S/c1-15-7-9-16(10-8-15)19-13-23-22(26(19)18-5-3-2-4-6-18)29-14-20(27)25-21(28)24-17-11-12-17/h2-10,13,17H,11-12,14H2,1H3,(H2,24,25,27,28). The average molecular weight is 407 g/mol. The maximum atomic E-state index is 12.2. The van der Waals surface area contributed by atoms with Crippen molar-refractivity contribution >= 4 is 23.7 Å². The van der Waals surface area contributed by atoms with E-state index < -0.39 is 6.03 Å². The fourth-order valence-electron chi connectivity index (χ4n) is 2.93. The van der Waals surface area contributed by atoms with E-state index in [4.69, 9.17) is 0 Å². The highest BCUT2D eigenvalue weighted by Crippen LogP contribution is 2.30. The molecular weight excluding hydrogens is 384 g/mol. The molecule has 7 heteroatoms. The molecule has 3 aromatic rings. The summed E-state index contributed by atoms with van der Waals surface area (Å²) in [5.41, 5.74) is 4.16. The molecule has 0 unspecified atom stereocenters. The number of hydrogen-bond donors (Lipinski definition) is 2. The molecule has 2 aromatic carbocycles. The number of imide groups is 1. The van der Waals surface area contributed by atoms with E-state index in [0.29, 0.717) is 5.16 Å². The highest BCUT2D eigenvalue weighted by molar-refractivity contribution is 7.99. The van der Waals surface area contributed by atoms with Crippen molar-refractivity contribution in [3.63, 3.8) is 0 Å². The van der Waals surface area contributed by atoms with Gasteiger partial charge >= 0.3 is 6.03 Å². The minimum atomic E-state index is -0.426. The number of imidazole rings is 1. The first-order chi connectivity index (χ1) is 14.1. The Balaban J connectivity index is 1.54. The molecule has 148 valence electrons. The minimum Gasteiger partial charge on any atom is -0.335 e. The third kappa shape index (κ3) is 4.86. The fourth-order valence-corrected chi connectivity index (χ4v) is 3.73. The summed E-state index contributed by atoms with van der Waals surface area (Å²) in [7, 11) is 0. The first-order valence-corrected chi connectivity index (χ1v) is 10.5. The zero-order valence-electron chi connectivity index (χ0n) is 16.1. The summed E-state index contributed by atoms with van der Waals surface area (Å²) in [4.78, 5) is 28.5. The monoisotopic (exact) mass is 406 g/mol. The van der Waals surface area contributed by atoms with E-state index in [-0.39, 0.29) is 17.7 Å². The summed E-state index contributed by atoms with van der Waals surface area (Å²) in [6.45, 7) is 2.05. The molecule has 6 nitrogen and oxygen atoms in total. The number of carbonyl (C=O) groups is 2. The van der Waals surface area contributed by atoms with Crippen LogP contribution < -0.4 is 10.6 Å². The number of nitrogens with one attached hydrogen (secondary N) is 2. The van der Waals surface area contributed by atoms with Gasteiger partial charge < -0.3 is 5.32 Å². The second kappa shape index (κ2) is 8.53. The topological polar surface area (TPSA) is 76.0 Å². The Labute approximate surface area is 173 Å². The van der Waals surface area contributed by atoms with Gasteiger partial charge in [-0.05, 0) is 31.9 Å². The predicted octanol–water partition coefficient (Wildman–Crippen LogP) is 3.93. The SMILES string of the molecule is Cc1ccc(-c2cnc(SCC(=O)NC(=O)NC3CC3)n2-c2ccccc2)cc1. The van der Waals surface area contributed by atoms with Crippen molar-refractivity contribution < 1.29 is 9.59 Å². The molecule has 1 aliphatic carbocycles. The van der Waals surface area contributed by atoms with Gasteiger partial charge in [-0.1, -0.05) is 59.8 Å². The van der Waals surface area contributed by atoms with Crippen molar-refractivity contribution in [3.05, 3.63) is 66.4 Å². The number of urea groups is 1. The summed E-state index contributed by atoms with van der Waals surface area (Å²) < 4.78 is 2.03. The number of hydrogen-bond acceptors (Lipinski definition) is 4. The molecule has 1 saturated carbocycles. The largest absolute Gasteiger partial charge is 0.335 e. The number of aromatic nitrogens is 2. The van der Waals surface area contributed by atoms with Crippen molar-refractivity contribution in [1.29, 1.82) is 0 Å². The van der Waals surface area contributed by atoms with Crippen molar-refractivity contribution in [2.45, 2.75) is 31.0 Å². The van der Waals surface area contributed by atoms with Crippen molar-refractivity contribution in [1.82, 2.24) is 20.2 Å². The number of benzene rings is 2. The Morgan fingerprint density at radius 1 is 1.10 bits per heavy atom. The number of para-hydroxylation sites is 1. The normalized spacial score (nSPS) is 13.1. The van der Waals surface area contributed by atoms with E-state index >= 15 is 0 Å². The Hall–Kier alpha value is -3.06. The molecule has 29 heavy (non-hydrogen) atoms. The summed E-state index contributed by atoms with van der Waals surface area (Å²) in [5.74, 6) is -0.234. The van der Waals surface area contributed by atoms with Gasteiger partial charge in [-0.15, -0.1) is 0 Å². The Morgan fingerprint density at radius 3 is 2.52 bits per heavy atom. The number of amides is 3. The molecule has 0 aliphatic heterocycles. The molecule has 3 amide bonds. The molecular formula is C22H22N4O2S. The third-order valence-corrected chi connectivity index (χ3v) is 5.54. The Kier molecular flexibility index (Phi) is 5.67. The second-order valence-electron chi connectivity index (χ2n) is 7.05. The molecule has 2 N–H and O–H groups in total. The van der Waals surface area contributed by atoms with Crippen molar-refractivity contribution in [2.24, 2.45) is 0 Å². The number of carbonyl (C=O) groups excluding carboxylic acids is 2. The van der Waals surface area contributed by atoms with Gasteiger partial charge in [0.25, 0.3) is 0 Å². The van der Waals surface area contributed by atoms with Crippen LogP contribution in [0.5, 0.6) is 0 Å². The van der Waals surface area contributed by atoms with Gasteiger partial charge in [0.15, 0.2) is 5.16 Å². The third-order valence-electron chi connectivity index (χ3n) is 4.59. The lowest BCUT2D eigenvalue weighted by Gasteiger charge is -2.12. The summed E-state index contributed by atoms with van der Waals surface area (Å²) >= 11 is 1.30. The van der Waals surface area contributed by atoms with Crippen LogP contribution in [0.4, 0.5) is 4.79 Å². The number of rotatable bonds is 6. The summed E-state index contributed by atoms with van der Waals surface area (Å²) in [5, 5.41) is 5.83. The van der Waals surface area contributed by atoms with Gasteiger partial charge in [0, 0.05) is 17.3 Å². The number of nitrogens with zero attached hydrogens (tertiary/aromatic N) is 2. The first kappa shape index (κ1) is 19.3. The molecule has 0 bridgehead atoms. The number of aryl methyl sites for hydroxylation is 1. The van der Waals surface area contributed by atoms with Crippen LogP contribution in [0.1, 0.15) is 18.4 Å². The smallest absolute Gasteiger partial charge is 0.321 e. The summed E-state index contributed by atoms with van der Waals surface area (Å²) in [6.07, 6.45) is 3.77. The first-order valence-electron chi connectivity index (χ1n) is 9.53. The van der Waals surface area contributed by atoms with Crippen LogP contribution >= 0.6 is 11.8 Å². The van der Waals surface area contributed by atoms with Crippen LogP contribution in [0, 0.1) is 6.92 Å². The summed E-state index contributed by atoms with van der Waals surface area (Å²) in [6, 6.07) is 18.0. The van der Waals surface area contributed by atoms with Gasteiger partial charge in [-0.3, -0.25) is 14.7 Å². The molecule has 1 heterocycles. The predicted molar refractivity (Wildman–Crippen MR) is 114 cm³/mol. The van der Waals surface area contributed by atoms with Gasteiger partial charge in [0.1, 0.15) is 0 Å².